The highest BCUT2D eigenvalue weighted by molar-refractivity contribution is 5.83. The molecular formula is C20H22N2O3. The minimum absolute atomic E-state index is 0.438. The Bertz CT molecular complexity index is 707. The Morgan fingerprint density at radius 2 is 1.52 bits per heavy atom. The van der Waals surface area contributed by atoms with Crippen molar-refractivity contribution in [3.63, 3.8) is 0 Å². The summed E-state index contributed by atoms with van der Waals surface area (Å²) in [6, 6.07) is 14.3. The Kier molecular flexibility index (Phi) is 7.38. The molecule has 0 aliphatic rings. The van der Waals surface area contributed by atoms with Crippen LogP contribution in [0.5, 0.6) is 11.5 Å². The van der Waals surface area contributed by atoms with Gasteiger partial charge < -0.3 is 9.47 Å². The van der Waals surface area contributed by atoms with Gasteiger partial charge in [-0.15, -0.1) is 0 Å². The summed E-state index contributed by atoms with van der Waals surface area (Å²) in [7, 11) is 0. The van der Waals surface area contributed by atoms with Crippen molar-refractivity contribution in [2.45, 2.75) is 26.2 Å². The molecule has 0 bridgehead atoms. The largest absolute Gasteiger partial charge is 0.494 e. The van der Waals surface area contributed by atoms with Gasteiger partial charge in [-0.25, -0.2) is 4.79 Å². The molecule has 0 radical (unpaired) electrons. The number of hydrogen-bond acceptors (Lipinski definition) is 5. The van der Waals surface area contributed by atoms with Crippen LogP contribution in [0.1, 0.15) is 26.2 Å². The van der Waals surface area contributed by atoms with Gasteiger partial charge in [0.2, 0.25) is 0 Å². The number of esters is 1. The van der Waals surface area contributed by atoms with Crippen molar-refractivity contribution in [3.8, 4) is 11.5 Å². The van der Waals surface area contributed by atoms with E-state index in [1.54, 1.807) is 24.3 Å². The molecule has 0 aliphatic heterocycles. The van der Waals surface area contributed by atoms with E-state index >= 15 is 0 Å². The van der Waals surface area contributed by atoms with Crippen LogP contribution in [0.2, 0.25) is 0 Å². The summed E-state index contributed by atoms with van der Waals surface area (Å²) in [5.41, 5.74) is 1.40. The third-order valence-corrected chi connectivity index (χ3v) is 3.36. The molecule has 0 atom stereocenters. The highest BCUT2D eigenvalue weighted by Crippen LogP contribution is 2.23. The van der Waals surface area contributed by atoms with Crippen molar-refractivity contribution < 1.29 is 14.3 Å². The van der Waals surface area contributed by atoms with Crippen LogP contribution in [0.15, 0.2) is 71.4 Å². The molecule has 0 aliphatic carbocycles. The van der Waals surface area contributed by atoms with E-state index in [-0.39, 0.29) is 0 Å². The number of carbonyl (C=O) groups excluding carboxylic acids is 1. The van der Waals surface area contributed by atoms with Gasteiger partial charge in [0.1, 0.15) is 11.5 Å². The second-order valence-electron chi connectivity index (χ2n) is 5.37. The molecule has 130 valence electrons. The zero-order chi connectivity index (χ0) is 17.9. The Morgan fingerprint density at radius 1 is 0.960 bits per heavy atom. The maximum absolute atomic E-state index is 11.1. The first-order valence-electron chi connectivity index (χ1n) is 8.30. The summed E-state index contributed by atoms with van der Waals surface area (Å²) in [6.45, 7) is 6.25. The number of azo groups is 1. The maximum Gasteiger partial charge on any atom is 0.335 e. The van der Waals surface area contributed by atoms with Crippen molar-refractivity contribution in [2.24, 2.45) is 10.2 Å². The molecule has 0 saturated carbocycles. The fourth-order valence-corrected chi connectivity index (χ4v) is 2.01. The highest BCUT2D eigenvalue weighted by atomic mass is 16.5. The summed E-state index contributed by atoms with van der Waals surface area (Å²) in [5, 5.41) is 8.34. The molecule has 5 nitrogen and oxygen atoms in total. The van der Waals surface area contributed by atoms with E-state index in [1.807, 2.05) is 24.3 Å². The molecule has 0 fully saturated rings. The molecule has 0 heterocycles. The molecule has 2 aromatic rings. The summed E-state index contributed by atoms with van der Waals surface area (Å²) >= 11 is 0. The molecular weight excluding hydrogens is 316 g/mol. The highest BCUT2D eigenvalue weighted by Gasteiger charge is 1.99. The van der Waals surface area contributed by atoms with E-state index in [1.165, 1.54) is 12.8 Å². The van der Waals surface area contributed by atoms with Crippen molar-refractivity contribution in [1.82, 2.24) is 0 Å². The van der Waals surface area contributed by atoms with Crippen LogP contribution in [-0.4, -0.2) is 12.6 Å². The Hall–Kier alpha value is -2.95. The van der Waals surface area contributed by atoms with Gasteiger partial charge in [-0.05, 0) is 55.0 Å². The van der Waals surface area contributed by atoms with Gasteiger partial charge in [0, 0.05) is 6.08 Å². The average Bonchev–Trinajstić information content (AvgIpc) is 2.65. The average molecular weight is 338 g/mol. The number of rotatable bonds is 9. The lowest BCUT2D eigenvalue weighted by molar-refractivity contribution is -0.128. The SMILES string of the molecule is C=CC(=O)Oc1ccc(N=Nc2ccc(OCCCCC)cc2)cc1. The van der Waals surface area contributed by atoms with E-state index in [2.05, 4.69) is 23.7 Å². The quantitative estimate of drug-likeness (QED) is 0.192. The van der Waals surface area contributed by atoms with Crippen molar-refractivity contribution >= 4 is 17.3 Å². The van der Waals surface area contributed by atoms with Gasteiger partial charge in [-0.1, -0.05) is 26.3 Å². The van der Waals surface area contributed by atoms with Gasteiger partial charge in [-0.3, -0.25) is 0 Å². The lowest BCUT2D eigenvalue weighted by atomic mass is 10.2. The van der Waals surface area contributed by atoms with E-state index in [0.717, 1.165) is 30.5 Å². The lowest BCUT2D eigenvalue weighted by Crippen LogP contribution is -2.02. The molecule has 25 heavy (non-hydrogen) atoms. The van der Waals surface area contributed by atoms with Crippen molar-refractivity contribution in [1.29, 1.82) is 0 Å². The smallest absolute Gasteiger partial charge is 0.335 e. The third kappa shape index (κ3) is 6.59. The number of carbonyl (C=O) groups is 1. The normalized spacial score (nSPS) is 10.6. The predicted molar refractivity (Wildman–Crippen MR) is 97.9 cm³/mol. The van der Waals surface area contributed by atoms with E-state index in [9.17, 15) is 4.79 Å². The number of benzene rings is 2. The van der Waals surface area contributed by atoms with Crippen molar-refractivity contribution in [3.05, 3.63) is 61.2 Å². The zero-order valence-corrected chi connectivity index (χ0v) is 14.4. The Morgan fingerprint density at radius 3 is 2.04 bits per heavy atom. The minimum atomic E-state index is -0.494. The van der Waals surface area contributed by atoms with Crippen LogP contribution in [0.4, 0.5) is 11.4 Å². The maximum atomic E-state index is 11.1. The molecule has 0 spiro atoms. The standard InChI is InChI=1S/C20H22N2O3/c1-3-5-6-15-24-18-11-7-16(8-12-18)21-22-17-9-13-19(14-10-17)25-20(23)4-2/h4,7-14H,2-3,5-6,15H2,1H3. The molecule has 5 heteroatoms. The van der Waals surface area contributed by atoms with Crippen LogP contribution in [0.25, 0.3) is 0 Å². The van der Waals surface area contributed by atoms with Crippen LogP contribution < -0.4 is 9.47 Å². The lowest BCUT2D eigenvalue weighted by Gasteiger charge is -2.05. The fourth-order valence-electron chi connectivity index (χ4n) is 2.01. The summed E-state index contributed by atoms with van der Waals surface area (Å²) in [4.78, 5) is 11.1. The molecule has 0 aromatic heterocycles. The molecule has 2 rings (SSSR count). The predicted octanol–water partition coefficient (Wildman–Crippen LogP) is 5.76. The fraction of sp³-hybridized carbons (Fsp3) is 0.250. The number of nitrogens with zero attached hydrogens (tertiary/aromatic N) is 2. The van der Waals surface area contributed by atoms with Gasteiger partial charge in [0.25, 0.3) is 0 Å². The molecule has 0 amide bonds. The van der Waals surface area contributed by atoms with Crippen LogP contribution in [0.3, 0.4) is 0 Å². The van der Waals surface area contributed by atoms with Crippen LogP contribution >= 0.6 is 0 Å². The number of ether oxygens (including phenoxy) is 2. The zero-order valence-electron chi connectivity index (χ0n) is 14.4. The second kappa shape index (κ2) is 10.0. The van der Waals surface area contributed by atoms with Gasteiger partial charge in [0.05, 0.1) is 18.0 Å². The molecule has 2 aromatic carbocycles. The first kappa shape index (κ1) is 18.4. The van der Waals surface area contributed by atoms with Crippen LogP contribution in [-0.2, 0) is 4.79 Å². The third-order valence-electron chi connectivity index (χ3n) is 3.36. The van der Waals surface area contributed by atoms with Gasteiger partial charge >= 0.3 is 5.97 Å². The minimum Gasteiger partial charge on any atom is -0.494 e. The summed E-state index contributed by atoms with van der Waals surface area (Å²) in [5.74, 6) is 0.781. The van der Waals surface area contributed by atoms with E-state index < -0.39 is 5.97 Å². The molecule has 0 saturated heterocycles. The first-order valence-corrected chi connectivity index (χ1v) is 8.30. The van der Waals surface area contributed by atoms with Crippen molar-refractivity contribution in [2.75, 3.05) is 6.61 Å². The van der Waals surface area contributed by atoms with E-state index in [4.69, 9.17) is 9.47 Å². The molecule has 0 unspecified atom stereocenters. The molecule has 0 N–H and O–H groups in total. The summed E-state index contributed by atoms with van der Waals surface area (Å²) in [6.07, 6.45) is 4.54. The van der Waals surface area contributed by atoms with Gasteiger partial charge in [0.15, 0.2) is 0 Å². The topological polar surface area (TPSA) is 60.2 Å². The Balaban J connectivity index is 1.88. The van der Waals surface area contributed by atoms with E-state index in [0.29, 0.717) is 11.4 Å². The second-order valence-corrected chi connectivity index (χ2v) is 5.37. The van der Waals surface area contributed by atoms with Crippen LogP contribution in [0, 0.1) is 0 Å². The van der Waals surface area contributed by atoms with Gasteiger partial charge in [-0.2, -0.15) is 10.2 Å². The summed E-state index contributed by atoms with van der Waals surface area (Å²) < 4.78 is 10.7. The first-order chi connectivity index (χ1) is 12.2. The number of hydrogen-bond donors (Lipinski definition) is 0. The monoisotopic (exact) mass is 338 g/mol. The Labute approximate surface area is 148 Å². The number of unbranched alkanes of at least 4 members (excludes halogenated alkanes) is 2.